The van der Waals surface area contributed by atoms with Gasteiger partial charge in [-0.2, -0.15) is 13.2 Å². The normalized spacial score (nSPS) is 27.0. The molecule has 4 aliphatic rings. The minimum atomic E-state index is -4.59. The fourth-order valence-corrected chi connectivity index (χ4v) is 9.33. The van der Waals surface area contributed by atoms with Crippen LogP contribution in [0.4, 0.5) is 22.0 Å². The number of rotatable bonds is 12. The first-order valence-corrected chi connectivity index (χ1v) is 19.9. The van der Waals surface area contributed by atoms with Crippen LogP contribution in [0.3, 0.4) is 0 Å². The Bertz CT molecular complexity index is 1770. The van der Waals surface area contributed by atoms with Crippen LogP contribution in [0, 0.1) is 5.92 Å². The molecule has 3 N–H and O–H groups in total. The molecule has 9 nitrogen and oxygen atoms in total. The molecule has 0 bridgehead atoms. The van der Waals surface area contributed by atoms with E-state index in [9.17, 15) is 31.9 Å². The number of pyridine rings is 1. The molecule has 2 saturated heterocycles. The number of aliphatic hydroxyl groups is 1. The molecule has 3 aliphatic heterocycles. The van der Waals surface area contributed by atoms with Crippen LogP contribution < -0.4 is 5.73 Å². The summed E-state index contributed by atoms with van der Waals surface area (Å²) in [5.41, 5.74) is 5.31. The van der Waals surface area contributed by atoms with Gasteiger partial charge in [0.2, 0.25) is 0 Å². The van der Waals surface area contributed by atoms with Crippen LogP contribution in [0.1, 0.15) is 92.4 Å². The van der Waals surface area contributed by atoms with Gasteiger partial charge in [-0.3, -0.25) is 14.6 Å². The molecule has 1 aliphatic carbocycles. The molecule has 0 spiro atoms. The Kier molecular flexibility index (Phi) is 12.1. The number of carbonyl (C=O) groups excluding carboxylic acids is 2. The predicted molar refractivity (Wildman–Crippen MR) is 198 cm³/mol. The highest BCUT2D eigenvalue weighted by Crippen LogP contribution is 2.45. The van der Waals surface area contributed by atoms with Crippen molar-refractivity contribution in [2.24, 2.45) is 11.7 Å². The van der Waals surface area contributed by atoms with E-state index in [2.05, 4.69) is 11.6 Å². The van der Waals surface area contributed by atoms with Gasteiger partial charge in [0.05, 0.1) is 41.1 Å². The number of hydrogen-bond acceptors (Lipinski definition) is 8. The van der Waals surface area contributed by atoms with Crippen LogP contribution in [0.15, 0.2) is 65.9 Å². The minimum Gasteiger partial charge on any atom is -0.513 e. The van der Waals surface area contributed by atoms with Gasteiger partial charge >= 0.3 is 6.18 Å². The lowest BCUT2D eigenvalue weighted by atomic mass is 9.77. The van der Waals surface area contributed by atoms with Crippen LogP contribution in [-0.4, -0.2) is 87.1 Å². The lowest BCUT2D eigenvalue weighted by molar-refractivity contribution is -0.182. The van der Waals surface area contributed by atoms with Crippen molar-refractivity contribution in [1.82, 2.24) is 14.8 Å². The molecule has 2 aromatic rings. The smallest absolute Gasteiger partial charge is 0.422 e. The molecule has 55 heavy (non-hydrogen) atoms. The molecule has 1 aromatic carbocycles. The van der Waals surface area contributed by atoms with Crippen molar-refractivity contribution < 1.29 is 46.1 Å². The van der Waals surface area contributed by atoms with Gasteiger partial charge in [0.15, 0.2) is 5.60 Å². The summed E-state index contributed by atoms with van der Waals surface area (Å²) < 4.78 is 83.5. The Labute approximate surface area is 322 Å². The summed E-state index contributed by atoms with van der Waals surface area (Å²) >= 11 is 0.596. The number of allylic oxidation sites excluding steroid dienone is 2. The van der Waals surface area contributed by atoms with Crippen LogP contribution in [0.25, 0.3) is 0 Å². The number of amides is 2. The van der Waals surface area contributed by atoms with Crippen molar-refractivity contribution in [2.45, 2.75) is 113 Å². The quantitative estimate of drug-likeness (QED) is 0.166. The number of nitrogens with two attached hydrogens (primary N) is 1. The molecular weight excluding hydrogens is 744 g/mol. The van der Waals surface area contributed by atoms with Gasteiger partial charge < -0.3 is 30.1 Å². The zero-order valence-electron chi connectivity index (χ0n) is 31.1. The second-order valence-corrected chi connectivity index (χ2v) is 16.3. The van der Waals surface area contributed by atoms with E-state index >= 15 is 4.79 Å². The standard InChI is InChI=1S/C40H49F5N4O5S/c1-4-9-32-39(54-29-22-33(55-24-29)40(43,44)45,13-8-17-49(32)35(51)34-31(37(3,41)42)12-7-16-47-34)36(52)48-18-14-38(46,15-19-48)30-11-6-5-10-26(30)23-53-28-20-27(21-28)25(2)50/h5-7,10-12,16,22,27-29,32,50H,2,4,8-9,13-15,17-21,23-24,46H2,1,3H3/t27-,28-,29?,32-,39+/m1/s1. The molecule has 1 aromatic heterocycles. The molecule has 4 heterocycles. The highest BCUT2D eigenvalue weighted by atomic mass is 32.2. The number of aliphatic hydroxyl groups excluding tert-OH is 1. The van der Waals surface area contributed by atoms with E-state index in [1.54, 1.807) is 4.90 Å². The number of carbonyl (C=O) groups is 2. The van der Waals surface area contributed by atoms with Crippen LogP contribution in [0.2, 0.25) is 0 Å². The first kappa shape index (κ1) is 41.1. The molecule has 6 rings (SSSR count). The topological polar surface area (TPSA) is 118 Å². The number of alkyl halides is 5. The van der Waals surface area contributed by atoms with E-state index in [0.717, 1.165) is 23.3 Å². The first-order valence-electron chi connectivity index (χ1n) is 18.9. The SMILES string of the molecule is C=C(O)[C@H]1C[C@H](OCc2ccccc2C2(N)CCN(C(=O)[C@]3(OC4C=C(C(F)(F)F)SC4)CCCN(C(=O)c4ncccc4C(C)(F)F)[C@@H]3CCC)CC2)C1. The van der Waals surface area contributed by atoms with Crippen LogP contribution >= 0.6 is 11.8 Å². The summed E-state index contributed by atoms with van der Waals surface area (Å²) in [4.78, 5) is 35.5. The summed E-state index contributed by atoms with van der Waals surface area (Å²) in [7, 11) is 0. The third kappa shape index (κ3) is 8.59. The van der Waals surface area contributed by atoms with Crippen LogP contribution in [-0.2, 0) is 32.3 Å². The fraction of sp³-hybridized carbons (Fsp3) is 0.575. The molecule has 300 valence electrons. The Morgan fingerprint density at radius 1 is 1.07 bits per heavy atom. The Balaban J connectivity index is 1.28. The minimum absolute atomic E-state index is 0.00704. The van der Waals surface area contributed by atoms with Gasteiger partial charge in [-0.1, -0.05) is 44.2 Å². The number of hydrogen-bond donors (Lipinski definition) is 2. The Morgan fingerprint density at radius 3 is 2.42 bits per heavy atom. The highest BCUT2D eigenvalue weighted by Gasteiger charge is 2.56. The average Bonchev–Trinajstić information content (AvgIpc) is 3.60. The Morgan fingerprint density at radius 2 is 1.78 bits per heavy atom. The molecule has 1 unspecified atom stereocenters. The molecule has 3 fully saturated rings. The number of benzene rings is 1. The fourth-order valence-electron chi connectivity index (χ4n) is 8.41. The molecule has 3 atom stereocenters. The largest absolute Gasteiger partial charge is 0.513 e. The van der Waals surface area contributed by atoms with Crippen LogP contribution in [0.5, 0.6) is 0 Å². The van der Waals surface area contributed by atoms with Gasteiger partial charge in [-0.25, -0.2) is 8.78 Å². The van der Waals surface area contributed by atoms with Crippen molar-refractivity contribution in [1.29, 1.82) is 0 Å². The van der Waals surface area contributed by atoms with Gasteiger partial charge in [0, 0.05) is 50.0 Å². The lowest BCUT2D eigenvalue weighted by Crippen LogP contribution is -2.68. The number of piperidine rings is 2. The maximum atomic E-state index is 15.1. The van der Waals surface area contributed by atoms with E-state index < -0.39 is 63.4 Å². The van der Waals surface area contributed by atoms with E-state index in [0.29, 0.717) is 57.4 Å². The summed E-state index contributed by atoms with van der Waals surface area (Å²) in [6.07, 6.45) is -0.276. The summed E-state index contributed by atoms with van der Waals surface area (Å²) in [6, 6.07) is 9.20. The lowest BCUT2D eigenvalue weighted by Gasteiger charge is -2.52. The predicted octanol–water partition coefficient (Wildman–Crippen LogP) is 7.76. The Hall–Kier alpha value is -3.53. The third-order valence-corrected chi connectivity index (χ3v) is 12.6. The maximum absolute atomic E-state index is 15.1. The van der Waals surface area contributed by atoms with Crippen molar-refractivity contribution >= 4 is 23.6 Å². The van der Waals surface area contributed by atoms with Gasteiger partial charge in [0.25, 0.3) is 17.7 Å². The second-order valence-electron chi connectivity index (χ2n) is 15.3. The maximum Gasteiger partial charge on any atom is 0.422 e. The second kappa shape index (κ2) is 16.1. The molecule has 2 amide bonds. The molecule has 15 heteroatoms. The van der Waals surface area contributed by atoms with Gasteiger partial charge in [-0.05, 0) is 74.3 Å². The third-order valence-electron chi connectivity index (χ3n) is 11.4. The molecule has 1 saturated carbocycles. The number of aromatic nitrogens is 1. The first-order chi connectivity index (χ1) is 26.0. The zero-order chi connectivity index (χ0) is 39.8. The number of nitrogens with zero attached hydrogens (tertiary/aromatic N) is 3. The van der Waals surface area contributed by atoms with E-state index in [-0.39, 0.29) is 62.4 Å². The number of halogens is 5. The summed E-state index contributed by atoms with van der Waals surface area (Å²) in [5, 5.41) is 9.66. The van der Waals surface area contributed by atoms with E-state index in [1.165, 1.54) is 17.2 Å². The van der Waals surface area contributed by atoms with Crippen molar-refractivity contribution in [2.75, 3.05) is 25.4 Å². The number of thioether (sulfide) groups is 1. The van der Waals surface area contributed by atoms with Crippen molar-refractivity contribution in [3.05, 3.63) is 88.3 Å². The van der Waals surface area contributed by atoms with E-state index in [4.69, 9.17) is 15.2 Å². The number of likely N-dealkylation sites (tertiary alicyclic amines) is 2. The summed E-state index contributed by atoms with van der Waals surface area (Å²) in [6.45, 7) is 7.00. The van der Waals surface area contributed by atoms with Crippen molar-refractivity contribution in [3.63, 3.8) is 0 Å². The average molecular weight is 793 g/mol. The monoisotopic (exact) mass is 792 g/mol. The van der Waals surface area contributed by atoms with Gasteiger partial charge in [-0.15, -0.1) is 11.8 Å². The van der Waals surface area contributed by atoms with Gasteiger partial charge in [0.1, 0.15) is 5.69 Å². The summed E-state index contributed by atoms with van der Waals surface area (Å²) in [5.74, 6) is -4.53. The highest BCUT2D eigenvalue weighted by molar-refractivity contribution is 8.03. The molecule has 0 radical (unpaired) electrons. The molecular formula is C40H49F5N4O5S. The zero-order valence-corrected chi connectivity index (χ0v) is 31.9. The van der Waals surface area contributed by atoms with Crippen molar-refractivity contribution in [3.8, 4) is 0 Å². The number of ether oxygens (including phenoxy) is 2. The van der Waals surface area contributed by atoms with E-state index in [1.807, 2.05) is 31.2 Å².